The van der Waals surface area contributed by atoms with Crippen LogP contribution in [0.3, 0.4) is 0 Å². The number of hydrogen-bond donors (Lipinski definition) is 0. The van der Waals surface area contributed by atoms with Gasteiger partial charge in [-0.1, -0.05) is 0 Å². The first-order valence-electron chi connectivity index (χ1n) is 2.21. The molecule has 0 unspecified atom stereocenters. The quantitative estimate of drug-likeness (QED) is 0.477. The molecule has 0 saturated carbocycles. The largest absolute Gasteiger partial charge is 0.542 e. The van der Waals surface area contributed by atoms with E-state index in [1.165, 1.54) is 0 Å². The van der Waals surface area contributed by atoms with Crippen molar-refractivity contribution in [1.29, 1.82) is 0 Å². The summed E-state index contributed by atoms with van der Waals surface area (Å²) in [4.78, 5) is 9.50. The zero-order valence-electron chi connectivity index (χ0n) is 4.76. The molecule has 0 aliphatic heterocycles. The third kappa shape index (κ3) is 9.63. The SMILES string of the molecule is [CH2-]C=CCC[C-]=O.[Y]. The van der Waals surface area contributed by atoms with Crippen molar-refractivity contribution < 1.29 is 37.5 Å². The topological polar surface area (TPSA) is 17.1 Å². The summed E-state index contributed by atoms with van der Waals surface area (Å²) in [5, 5.41) is 0. The van der Waals surface area contributed by atoms with Crippen LogP contribution in [-0.4, -0.2) is 6.29 Å². The van der Waals surface area contributed by atoms with E-state index in [-0.39, 0.29) is 32.7 Å². The molecule has 0 aromatic rings. The third-order valence-corrected chi connectivity index (χ3v) is 0.580. The summed E-state index contributed by atoms with van der Waals surface area (Å²) in [5.41, 5.74) is 0. The van der Waals surface area contributed by atoms with Crippen molar-refractivity contribution in [3.8, 4) is 0 Å². The van der Waals surface area contributed by atoms with Gasteiger partial charge < -0.3 is 4.79 Å². The second-order valence-corrected chi connectivity index (χ2v) is 1.15. The van der Waals surface area contributed by atoms with Gasteiger partial charge in [0, 0.05) is 32.7 Å². The van der Waals surface area contributed by atoms with E-state index in [0.29, 0.717) is 6.42 Å². The Morgan fingerprint density at radius 3 is 2.62 bits per heavy atom. The maximum atomic E-state index is 9.50. The Balaban J connectivity index is 0. The van der Waals surface area contributed by atoms with Crippen LogP contribution in [0, 0.1) is 6.92 Å². The summed E-state index contributed by atoms with van der Waals surface area (Å²) in [5.74, 6) is 0. The van der Waals surface area contributed by atoms with Crippen molar-refractivity contribution in [2.45, 2.75) is 12.8 Å². The van der Waals surface area contributed by atoms with Gasteiger partial charge in [0.05, 0.1) is 0 Å². The Kier molecular flexibility index (Phi) is 14.6. The summed E-state index contributed by atoms with van der Waals surface area (Å²) in [6, 6.07) is 0. The number of hydrogen-bond acceptors (Lipinski definition) is 1. The molecule has 0 aliphatic carbocycles. The van der Waals surface area contributed by atoms with Gasteiger partial charge in [-0.05, 0) is 0 Å². The summed E-state index contributed by atoms with van der Waals surface area (Å²) >= 11 is 0. The minimum absolute atomic E-state index is 0. The molecule has 0 N–H and O–H groups in total. The molecule has 0 atom stereocenters. The number of allylic oxidation sites excluding steroid dienone is 2. The average Bonchev–Trinajstić information content (AvgIpc) is 1.69. The van der Waals surface area contributed by atoms with Crippen LogP contribution in [0.5, 0.6) is 0 Å². The summed E-state index contributed by atoms with van der Waals surface area (Å²) in [6.07, 6.45) is 6.55. The molecule has 2 heteroatoms. The average molecular weight is 185 g/mol. The van der Waals surface area contributed by atoms with E-state index in [0.717, 1.165) is 6.42 Å². The molecule has 0 rings (SSSR count). The third-order valence-electron chi connectivity index (χ3n) is 0.580. The minimum Gasteiger partial charge on any atom is -0.542 e. The van der Waals surface area contributed by atoms with Gasteiger partial charge in [-0.25, -0.2) is 19.1 Å². The number of unbranched alkanes of at least 4 members (excludes halogenated alkanes) is 1. The normalized spacial score (nSPS) is 8.50. The molecule has 0 amide bonds. The summed E-state index contributed by atoms with van der Waals surface area (Å²) < 4.78 is 0. The molecule has 0 aliphatic rings. The molecule has 0 aromatic heterocycles. The Hall–Kier alpha value is 0.384. The predicted octanol–water partition coefficient (Wildman–Crippen LogP) is 1.26. The Labute approximate surface area is 75.4 Å². The molecule has 0 saturated heterocycles. The maximum Gasteiger partial charge on any atom is 0 e. The van der Waals surface area contributed by atoms with E-state index in [1.54, 1.807) is 12.4 Å². The van der Waals surface area contributed by atoms with Crippen LogP contribution in [0.4, 0.5) is 0 Å². The van der Waals surface area contributed by atoms with Crippen LogP contribution < -0.4 is 0 Å². The van der Waals surface area contributed by atoms with Crippen molar-refractivity contribution in [3.63, 3.8) is 0 Å². The fourth-order valence-corrected chi connectivity index (χ4v) is 0.260. The molecular formula is C6H8OY-2. The van der Waals surface area contributed by atoms with Gasteiger partial charge in [-0.3, -0.25) is 6.29 Å². The molecule has 1 nitrogen and oxygen atoms in total. The molecule has 8 heavy (non-hydrogen) atoms. The fourth-order valence-electron chi connectivity index (χ4n) is 0.260. The molecule has 0 heterocycles. The molecule has 0 spiro atoms. The van der Waals surface area contributed by atoms with Gasteiger partial charge in [0.25, 0.3) is 0 Å². The van der Waals surface area contributed by atoms with E-state index in [9.17, 15) is 4.79 Å². The van der Waals surface area contributed by atoms with Crippen LogP contribution in [0.15, 0.2) is 12.2 Å². The van der Waals surface area contributed by atoms with Crippen LogP contribution >= 0.6 is 0 Å². The summed E-state index contributed by atoms with van der Waals surface area (Å²) in [7, 11) is 0. The zero-order chi connectivity index (χ0) is 5.54. The van der Waals surface area contributed by atoms with Gasteiger partial charge in [0.2, 0.25) is 0 Å². The van der Waals surface area contributed by atoms with Crippen LogP contribution in [0.25, 0.3) is 0 Å². The molecule has 0 fully saturated rings. The Morgan fingerprint density at radius 1 is 1.62 bits per heavy atom. The van der Waals surface area contributed by atoms with Crippen molar-refractivity contribution in [1.82, 2.24) is 0 Å². The van der Waals surface area contributed by atoms with E-state index in [4.69, 9.17) is 0 Å². The predicted molar refractivity (Wildman–Crippen MR) is 29.4 cm³/mol. The van der Waals surface area contributed by atoms with Crippen molar-refractivity contribution in [2.75, 3.05) is 0 Å². The zero-order valence-corrected chi connectivity index (χ0v) is 7.60. The minimum atomic E-state index is 0. The van der Waals surface area contributed by atoms with E-state index in [2.05, 4.69) is 6.92 Å². The second kappa shape index (κ2) is 10.4. The van der Waals surface area contributed by atoms with Crippen molar-refractivity contribution >= 4 is 6.29 Å². The van der Waals surface area contributed by atoms with Crippen LogP contribution in [0.2, 0.25) is 0 Å². The van der Waals surface area contributed by atoms with Crippen molar-refractivity contribution in [2.24, 2.45) is 0 Å². The monoisotopic (exact) mass is 185 g/mol. The van der Waals surface area contributed by atoms with Gasteiger partial charge in [0.15, 0.2) is 0 Å². The van der Waals surface area contributed by atoms with Crippen LogP contribution in [-0.2, 0) is 37.5 Å². The first-order valence-corrected chi connectivity index (χ1v) is 2.21. The van der Waals surface area contributed by atoms with Gasteiger partial charge in [0.1, 0.15) is 0 Å². The first kappa shape index (κ1) is 11.2. The fraction of sp³-hybridized carbons (Fsp3) is 0.333. The Morgan fingerprint density at radius 2 is 2.25 bits per heavy atom. The number of carbonyl (C=O) groups excluding carboxylic acids is 1. The van der Waals surface area contributed by atoms with Crippen molar-refractivity contribution in [3.05, 3.63) is 19.1 Å². The maximum absolute atomic E-state index is 9.50. The molecule has 1 radical (unpaired) electrons. The molecular weight excluding hydrogens is 177 g/mol. The van der Waals surface area contributed by atoms with Crippen LogP contribution in [0.1, 0.15) is 12.8 Å². The number of rotatable bonds is 3. The Bertz CT molecular complexity index is 68.9. The van der Waals surface area contributed by atoms with Gasteiger partial charge in [-0.2, -0.15) is 6.42 Å². The van der Waals surface area contributed by atoms with Gasteiger partial charge in [-0.15, -0.1) is 6.42 Å². The van der Waals surface area contributed by atoms with E-state index < -0.39 is 0 Å². The second-order valence-electron chi connectivity index (χ2n) is 1.15. The standard InChI is InChI=1S/C6H8O.Y/c1-2-3-4-5-6-7;/h2-3H,1,4-5H2;/q-2;. The summed E-state index contributed by atoms with van der Waals surface area (Å²) in [6.45, 7) is 3.45. The smallest absolute Gasteiger partial charge is 0 e. The molecule has 0 aromatic carbocycles. The first-order chi connectivity index (χ1) is 3.41. The van der Waals surface area contributed by atoms with E-state index in [1.807, 2.05) is 6.08 Å². The molecule has 0 bridgehead atoms. The van der Waals surface area contributed by atoms with E-state index >= 15 is 0 Å². The molecule has 43 valence electrons. The van der Waals surface area contributed by atoms with Gasteiger partial charge >= 0.3 is 0 Å².